The lowest BCUT2D eigenvalue weighted by Gasteiger charge is -2.30. The molecular weight excluding hydrogens is 554 g/mol. The summed E-state index contributed by atoms with van der Waals surface area (Å²) >= 11 is 13.8. The summed E-state index contributed by atoms with van der Waals surface area (Å²) in [7, 11) is 0. The van der Waals surface area contributed by atoms with Crippen LogP contribution in [0.3, 0.4) is 0 Å². The van der Waals surface area contributed by atoms with Gasteiger partial charge in [-0.1, -0.05) is 70.9 Å². The van der Waals surface area contributed by atoms with Crippen molar-refractivity contribution in [1.29, 1.82) is 0 Å². The molecular formula is C31H19Cl2FN2O2S. The summed E-state index contributed by atoms with van der Waals surface area (Å²) < 4.78 is 22.1. The van der Waals surface area contributed by atoms with Crippen LogP contribution in [-0.2, 0) is 6.42 Å². The molecule has 0 unspecified atom stereocenters. The van der Waals surface area contributed by atoms with E-state index in [1.165, 1.54) is 29.0 Å². The van der Waals surface area contributed by atoms with E-state index in [1.807, 2.05) is 12.1 Å². The molecule has 1 atom stereocenters. The molecule has 1 aliphatic carbocycles. The third-order valence-electron chi connectivity index (χ3n) is 7.15. The van der Waals surface area contributed by atoms with E-state index in [0.29, 0.717) is 36.5 Å². The van der Waals surface area contributed by atoms with Crippen LogP contribution < -0.4 is 14.9 Å². The number of allylic oxidation sites excluding steroid dienone is 1. The molecule has 0 amide bonds. The number of aryl methyl sites for hydroxylation is 1. The predicted molar refractivity (Wildman–Crippen MR) is 153 cm³/mol. The van der Waals surface area contributed by atoms with Gasteiger partial charge in [0, 0.05) is 22.2 Å². The molecule has 39 heavy (non-hydrogen) atoms. The Labute approximate surface area is 236 Å². The lowest BCUT2D eigenvalue weighted by atomic mass is 9.83. The second kappa shape index (κ2) is 9.49. The van der Waals surface area contributed by atoms with Crippen molar-refractivity contribution in [2.75, 3.05) is 0 Å². The number of furan rings is 1. The summed E-state index contributed by atoms with van der Waals surface area (Å²) in [5.41, 5.74) is 5.63. The van der Waals surface area contributed by atoms with Crippen molar-refractivity contribution in [3.63, 3.8) is 0 Å². The normalized spacial score (nSPS) is 16.5. The second-order valence-corrected chi connectivity index (χ2v) is 11.3. The van der Waals surface area contributed by atoms with Gasteiger partial charge < -0.3 is 4.42 Å². The Hall–Kier alpha value is -3.71. The molecule has 2 aromatic heterocycles. The van der Waals surface area contributed by atoms with Crippen molar-refractivity contribution in [3.8, 4) is 11.3 Å². The molecule has 0 bridgehead atoms. The van der Waals surface area contributed by atoms with E-state index in [2.05, 4.69) is 12.1 Å². The molecule has 0 saturated heterocycles. The van der Waals surface area contributed by atoms with Gasteiger partial charge in [0.05, 0.1) is 21.3 Å². The Bertz CT molecular complexity index is 1990. The molecule has 1 aliphatic heterocycles. The van der Waals surface area contributed by atoms with Crippen LogP contribution in [0.2, 0.25) is 10.0 Å². The Morgan fingerprint density at radius 2 is 1.79 bits per heavy atom. The van der Waals surface area contributed by atoms with Gasteiger partial charge in [0.25, 0.3) is 5.56 Å². The van der Waals surface area contributed by atoms with Crippen LogP contribution in [-0.4, -0.2) is 4.57 Å². The minimum atomic E-state index is -0.371. The van der Waals surface area contributed by atoms with Crippen LogP contribution in [0.25, 0.3) is 23.1 Å². The zero-order chi connectivity index (χ0) is 26.7. The number of hydrogen-bond acceptors (Lipinski definition) is 4. The van der Waals surface area contributed by atoms with Crippen LogP contribution in [0.15, 0.2) is 98.6 Å². The highest BCUT2D eigenvalue weighted by molar-refractivity contribution is 7.07. The van der Waals surface area contributed by atoms with Crippen molar-refractivity contribution in [2.24, 2.45) is 4.99 Å². The maximum atomic E-state index is 13.9. The van der Waals surface area contributed by atoms with Crippen molar-refractivity contribution in [3.05, 3.63) is 142 Å². The lowest BCUT2D eigenvalue weighted by molar-refractivity contribution is 0.570. The highest BCUT2D eigenvalue weighted by Gasteiger charge is 2.32. The van der Waals surface area contributed by atoms with Gasteiger partial charge in [-0.3, -0.25) is 9.36 Å². The number of nitrogens with zero attached hydrogens (tertiary/aromatic N) is 2. The van der Waals surface area contributed by atoms with E-state index in [4.69, 9.17) is 32.6 Å². The van der Waals surface area contributed by atoms with E-state index in [1.54, 1.807) is 53.1 Å². The molecule has 0 N–H and O–H groups in total. The Kier molecular flexibility index (Phi) is 5.92. The lowest BCUT2D eigenvalue weighted by Crippen LogP contribution is -2.38. The van der Waals surface area contributed by atoms with Crippen molar-refractivity contribution >= 4 is 46.3 Å². The number of aromatic nitrogens is 1. The molecule has 3 aromatic carbocycles. The first-order valence-electron chi connectivity index (χ1n) is 12.4. The van der Waals surface area contributed by atoms with E-state index >= 15 is 0 Å². The fraction of sp³-hybridized carbons (Fsp3) is 0.0968. The standard InChI is InChI=1S/C31H19Cl2FN2O2S/c32-19-8-13-25(33)24(15-19)26-14-11-21(38-26)16-27-30(37)36-29(18-5-9-20(34)10-6-18)23-12-7-17-3-1-2-4-22(17)28(23)35-31(36)39-27/h1-6,8-11,13-16,29H,7,12H2/b27-16+/t29-/m1/s1. The largest absolute Gasteiger partial charge is 0.457 e. The number of benzene rings is 3. The van der Waals surface area contributed by atoms with Crippen LogP contribution >= 0.6 is 34.5 Å². The second-order valence-electron chi connectivity index (χ2n) is 9.49. The van der Waals surface area contributed by atoms with E-state index in [0.717, 1.165) is 35.2 Å². The van der Waals surface area contributed by atoms with Crippen LogP contribution in [0, 0.1) is 5.82 Å². The summed E-state index contributed by atoms with van der Waals surface area (Å²) in [4.78, 5) is 19.5. The maximum Gasteiger partial charge on any atom is 0.271 e. The van der Waals surface area contributed by atoms with Gasteiger partial charge in [-0.25, -0.2) is 9.38 Å². The topological polar surface area (TPSA) is 47.5 Å². The van der Waals surface area contributed by atoms with E-state index < -0.39 is 0 Å². The van der Waals surface area contributed by atoms with Crippen LogP contribution in [0.1, 0.15) is 34.9 Å². The third kappa shape index (κ3) is 4.20. The molecule has 7 rings (SSSR count). The minimum Gasteiger partial charge on any atom is -0.457 e. The summed E-state index contributed by atoms with van der Waals surface area (Å²) in [6.07, 6.45) is 3.35. The van der Waals surface area contributed by atoms with Gasteiger partial charge in [-0.15, -0.1) is 0 Å². The molecule has 0 fully saturated rings. The average molecular weight is 573 g/mol. The SMILES string of the molecule is O=c1/c(=C\c2ccc(-c3cc(Cl)ccc3Cl)o2)sc2n1[C@H](c1ccc(F)cc1)C1=C(N=2)c2ccccc2CC1. The first-order chi connectivity index (χ1) is 19.0. The minimum absolute atomic E-state index is 0.169. The van der Waals surface area contributed by atoms with Crippen molar-refractivity contribution in [1.82, 2.24) is 4.57 Å². The number of hydrogen-bond donors (Lipinski definition) is 0. The fourth-order valence-electron chi connectivity index (χ4n) is 5.36. The number of thiazole rings is 1. The van der Waals surface area contributed by atoms with Gasteiger partial charge in [0.15, 0.2) is 4.80 Å². The first-order valence-corrected chi connectivity index (χ1v) is 14.0. The molecule has 0 radical (unpaired) electrons. The molecule has 3 heterocycles. The van der Waals surface area contributed by atoms with E-state index in [9.17, 15) is 9.18 Å². The molecule has 0 saturated carbocycles. The van der Waals surface area contributed by atoms with Gasteiger partial charge >= 0.3 is 0 Å². The molecule has 8 heteroatoms. The number of halogens is 3. The van der Waals surface area contributed by atoms with E-state index in [-0.39, 0.29) is 17.4 Å². The zero-order valence-corrected chi connectivity index (χ0v) is 22.7. The molecule has 192 valence electrons. The quantitative estimate of drug-likeness (QED) is 0.233. The number of fused-ring (bicyclic) bond motifs is 3. The Morgan fingerprint density at radius 3 is 2.64 bits per heavy atom. The Balaban J connectivity index is 1.40. The zero-order valence-electron chi connectivity index (χ0n) is 20.3. The first kappa shape index (κ1) is 24.3. The highest BCUT2D eigenvalue weighted by Crippen LogP contribution is 2.41. The Morgan fingerprint density at radius 1 is 0.974 bits per heavy atom. The van der Waals surface area contributed by atoms with Gasteiger partial charge in [-0.2, -0.15) is 0 Å². The average Bonchev–Trinajstić information content (AvgIpc) is 3.53. The van der Waals surface area contributed by atoms with Gasteiger partial charge in [-0.05, 0) is 72.0 Å². The van der Waals surface area contributed by atoms with Crippen LogP contribution in [0.5, 0.6) is 0 Å². The monoisotopic (exact) mass is 572 g/mol. The fourth-order valence-corrected chi connectivity index (χ4v) is 6.72. The summed E-state index contributed by atoms with van der Waals surface area (Å²) in [6.45, 7) is 0. The molecule has 4 nitrogen and oxygen atoms in total. The number of rotatable bonds is 3. The molecule has 2 aliphatic rings. The van der Waals surface area contributed by atoms with Gasteiger partial charge in [0.2, 0.25) is 0 Å². The summed E-state index contributed by atoms with van der Waals surface area (Å²) in [5.74, 6) is 0.749. The predicted octanol–water partition coefficient (Wildman–Crippen LogP) is 7.02. The van der Waals surface area contributed by atoms with Crippen molar-refractivity contribution in [2.45, 2.75) is 18.9 Å². The third-order valence-corrected chi connectivity index (χ3v) is 8.70. The molecule has 5 aromatic rings. The summed E-state index contributed by atoms with van der Waals surface area (Å²) in [6, 6.07) is 23.0. The van der Waals surface area contributed by atoms with Gasteiger partial charge in [0.1, 0.15) is 17.3 Å². The maximum absolute atomic E-state index is 13.9. The van der Waals surface area contributed by atoms with Crippen molar-refractivity contribution < 1.29 is 8.81 Å². The highest BCUT2D eigenvalue weighted by atomic mass is 35.5. The van der Waals surface area contributed by atoms with Crippen LogP contribution in [0.4, 0.5) is 4.39 Å². The molecule has 0 spiro atoms. The summed E-state index contributed by atoms with van der Waals surface area (Å²) in [5, 5.41) is 1.07. The smallest absolute Gasteiger partial charge is 0.271 e.